The minimum atomic E-state index is 0.301. The number of nitrogens with one attached hydrogen (secondary N) is 2. The summed E-state index contributed by atoms with van der Waals surface area (Å²) >= 11 is 2.39. The van der Waals surface area contributed by atoms with E-state index < -0.39 is 0 Å². The number of hydrogen-bond donors (Lipinski definition) is 3. The fourth-order valence-corrected chi connectivity index (χ4v) is 2.36. The molecule has 0 aromatic carbocycles. The maximum atomic E-state index is 8.91. The van der Waals surface area contributed by atoms with Gasteiger partial charge in [0.15, 0.2) is 5.82 Å². The van der Waals surface area contributed by atoms with Crippen LogP contribution in [0.2, 0.25) is 0 Å². The van der Waals surface area contributed by atoms with Gasteiger partial charge < -0.3 is 11.1 Å². The first-order chi connectivity index (χ1) is 8.20. The van der Waals surface area contributed by atoms with Gasteiger partial charge in [-0.1, -0.05) is 40.8 Å². The molecule has 17 heavy (non-hydrogen) atoms. The van der Waals surface area contributed by atoms with Crippen LogP contribution >= 0.6 is 22.6 Å². The van der Waals surface area contributed by atoms with Crippen molar-refractivity contribution in [1.82, 2.24) is 10.2 Å². The van der Waals surface area contributed by atoms with Crippen LogP contribution in [-0.2, 0) is 0 Å². The number of nitrogens with zero attached hydrogens (tertiary/aromatic N) is 2. The van der Waals surface area contributed by atoms with E-state index in [0.29, 0.717) is 27.7 Å². The van der Waals surface area contributed by atoms with E-state index in [1.807, 2.05) is 6.07 Å². The summed E-state index contributed by atoms with van der Waals surface area (Å²) < 4.78 is 0.536. The molecule has 1 aliphatic rings. The molecule has 0 radical (unpaired) electrons. The third kappa shape index (κ3) is 2.79. The normalized spacial score (nSPS) is 18.6. The Labute approximate surface area is 113 Å². The van der Waals surface area contributed by atoms with Gasteiger partial charge in [-0.15, -0.1) is 0 Å². The minimum absolute atomic E-state index is 0.301. The van der Waals surface area contributed by atoms with E-state index in [0.717, 1.165) is 6.42 Å². The number of hydrogen-bond acceptors (Lipinski definition) is 4. The van der Waals surface area contributed by atoms with Crippen molar-refractivity contribution < 1.29 is 0 Å². The highest BCUT2D eigenvalue weighted by Crippen LogP contribution is 2.20. The van der Waals surface area contributed by atoms with Gasteiger partial charge in [-0.2, -0.15) is 10.4 Å². The van der Waals surface area contributed by atoms with Crippen LogP contribution in [0.4, 0.5) is 11.6 Å². The first kappa shape index (κ1) is 12.0. The van der Waals surface area contributed by atoms with Crippen LogP contribution in [0.15, 0.2) is 23.8 Å². The van der Waals surface area contributed by atoms with Crippen molar-refractivity contribution in [3.63, 3.8) is 0 Å². The summed E-state index contributed by atoms with van der Waals surface area (Å²) in [6.45, 7) is 0.648. The number of alkyl halides is 1. The lowest BCUT2D eigenvalue weighted by molar-refractivity contribution is 1.04. The molecule has 0 aliphatic heterocycles. The number of H-pyrrole nitrogens is 1. The third-order valence-corrected chi connectivity index (χ3v) is 3.32. The zero-order chi connectivity index (χ0) is 12.3. The number of nitrogen functional groups attached to an aromatic ring is 1. The van der Waals surface area contributed by atoms with Crippen LogP contribution in [0.1, 0.15) is 12.0 Å². The highest BCUT2D eigenvalue weighted by atomic mass is 127. The molecule has 1 aromatic rings. The lowest BCUT2D eigenvalue weighted by atomic mass is 10.1. The molecule has 6 heteroatoms. The maximum Gasteiger partial charge on any atom is 0.168 e. The molecule has 88 valence electrons. The Morgan fingerprint density at radius 3 is 3.24 bits per heavy atom. The third-order valence-electron chi connectivity index (χ3n) is 2.45. The first-order valence-corrected chi connectivity index (χ1v) is 6.44. The Balaban J connectivity index is 2.03. The molecule has 0 spiro atoms. The number of rotatable bonds is 3. The highest BCUT2D eigenvalue weighted by Gasteiger charge is 2.11. The lowest BCUT2D eigenvalue weighted by Gasteiger charge is -2.11. The predicted octanol–water partition coefficient (Wildman–Crippen LogP) is 1.97. The second-order valence-electron chi connectivity index (χ2n) is 3.72. The Bertz CT molecular complexity index is 508. The molecule has 0 fully saturated rings. The topological polar surface area (TPSA) is 90.5 Å². The Morgan fingerprint density at radius 1 is 1.71 bits per heavy atom. The van der Waals surface area contributed by atoms with E-state index >= 15 is 0 Å². The van der Waals surface area contributed by atoms with Crippen LogP contribution in [0.3, 0.4) is 0 Å². The van der Waals surface area contributed by atoms with Crippen LogP contribution in [0, 0.1) is 11.3 Å². The standard InChI is InChI=1S/C11H12IN5/c12-8-3-1-2-7(4-8)6-15-11-9(5-13)10(14)16-17-11/h1-2,4,8H,3,6H2,(H4,14,15,16,17). The molecule has 2 rings (SSSR count). The molecule has 4 N–H and O–H groups in total. The summed E-state index contributed by atoms with van der Waals surface area (Å²) in [6.07, 6.45) is 7.51. The van der Waals surface area contributed by atoms with Gasteiger partial charge in [0.05, 0.1) is 0 Å². The molecule has 0 amide bonds. The van der Waals surface area contributed by atoms with Gasteiger partial charge in [-0.25, -0.2) is 0 Å². The van der Waals surface area contributed by atoms with E-state index in [1.165, 1.54) is 5.57 Å². The molecule has 1 aliphatic carbocycles. The average Bonchev–Trinajstić information content (AvgIpc) is 2.67. The second kappa shape index (κ2) is 5.23. The molecular weight excluding hydrogens is 329 g/mol. The first-order valence-electron chi connectivity index (χ1n) is 5.20. The fourth-order valence-electron chi connectivity index (χ4n) is 1.61. The summed E-state index contributed by atoms with van der Waals surface area (Å²) in [5, 5.41) is 18.6. The van der Waals surface area contributed by atoms with Gasteiger partial charge in [0.25, 0.3) is 0 Å². The van der Waals surface area contributed by atoms with Gasteiger partial charge in [0.2, 0.25) is 0 Å². The van der Waals surface area contributed by atoms with Crippen molar-refractivity contribution in [3.05, 3.63) is 29.4 Å². The van der Waals surface area contributed by atoms with E-state index in [2.05, 4.69) is 56.3 Å². The largest absolute Gasteiger partial charge is 0.383 e. The van der Waals surface area contributed by atoms with Crippen molar-refractivity contribution in [2.45, 2.75) is 10.3 Å². The molecule has 0 saturated carbocycles. The summed E-state index contributed by atoms with van der Waals surface area (Å²) in [5.74, 6) is 0.810. The average molecular weight is 341 g/mol. The summed E-state index contributed by atoms with van der Waals surface area (Å²) in [4.78, 5) is 0. The maximum absolute atomic E-state index is 8.91. The molecular formula is C11H12IN5. The smallest absolute Gasteiger partial charge is 0.168 e. The monoisotopic (exact) mass is 341 g/mol. The molecule has 1 unspecified atom stereocenters. The number of nitrogens with two attached hydrogens (primary N) is 1. The van der Waals surface area contributed by atoms with Gasteiger partial charge in [0, 0.05) is 10.5 Å². The molecule has 1 aromatic heterocycles. The van der Waals surface area contributed by atoms with Gasteiger partial charge in [-0.05, 0) is 12.0 Å². The lowest BCUT2D eigenvalue weighted by Crippen LogP contribution is -2.09. The van der Waals surface area contributed by atoms with E-state index in [9.17, 15) is 0 Å². The van der Waals surface area contributed by atoms with Gasteiger partial charge in [-0.3, -0.25) is 5.10 Å². The Hall–Kier alpha value is -1.49. The summed E-state index contributed by atoms with van der Waals surface area (Å²) in [6, 6.07) is 2.02. The molecule has 0 bridgehead atoms. The number of allylic oxidation sites excluding steroid dienone is 2. The number of aromatic amines is 1. The van der Waals surface area contributed by atoms with Crippen molar-refractivity contribution in [2.24, 2.45) is 0 Å². The number of aromatic nitrogens is 2. The highest BCUT2D eigenvalue weighted by molar-refractivity contribution is 14.1. The number of anilines is 2. The number of nitriles is 1. The van der Waals surface area contributed by atoms with Gasteiger partial charge in [0.1, 0.15) is 17.5 Å². The quantitative estimate of drug-likeness (QED) is 0.579. The predicted molar refractivity (Wildman–Crippen MR) is 75.9 cm³/mol. The van der Waals surface area contributed by atoms with Crippen molar-refractivity contribution in [2.75, 3.05) is 17.6 Å². The Morgan fingerprint density at radius 2 is 2.53 bits per heavy atom. The molecule has 5 nitrogen and oxygen atoms in total. The van der Waals surface area contributed by atoms with Crippen LogP contribution in [0.25, 0.3) is 0 Å². The van der Waals surface area contributed by atoms with Crippen molar-refractivity contribution in [3.8, 4) is 6.07 Å². The van der Waals surface area contributed by atoms with E-state index in [4.69, 9.17) is 11.0 Å². The van der Waals surface area contributed by atoms with Crippen LogP contribution < -0.4 is 11.1 Å². The summed E-state index contributed by atoms with van der Waals surface area (Å²) in [7, 11) is 0. The van der Waals surface area contributed by atoms with E-state index in [-0.39, 0.29) is 0 Å². The summed E-state index contributed by atoms with van der Waals surface area (Å²) in [5.41, 5.74) is 7.14. The zero-order valence-electron chi connectivity index (χ0n) is 9.07. The Kier molecular flexibility index (Phi) is 3.68. The second-order valence-corrected chi connectivity index (χ2v) is 5.32. The van der Waals surface area contributed by atoms with Gasteiger partial charge >= 0.3 is 0 Å². The van der Waals surface area contributed by atoms with Crippen LogP contribution in [-0.4, -0.2) is 20.7 Å². The zero-order valence-corrected chi connectivity index (χ0v) is 11.2. The number of halogens is 1. The molecule has 0 saturated heterocycles. The minimum Gasteiger partial charge on any atom is -0.383 e. The van der Waals surface area contributed by atoms with Crippen molar-refractivity contribution >= 4 is 34.2 Å². The van der Waals surface area contributed by atoms with E-state index in [1.54, 1.807) is 0 Å². The van der Waals surface area contributed by atoms with Crippen LogP contribution in [0.5, 0.6) is 0 Å². The molecule has 1 heterocycles. The fraction of sp³-hybridized carbons (Fsp3) is 0.273. The van der Waals surface area contributed by atoms with Crippen molar-refractivity contribution in [1.29, 1.82) is 5.26 Å². The molecule has 1 atom stereocenters. The SMILES string of the molecule is N#Cc1c(NCC2=CC(I)CC=C2)n[nH]c1N.